The van der Waals surface area contributed by atoms with Crippen molar-refractivity contribution in [2.45, 2.75) is 6.54 Å². The van der Waals surface area contributed by atoms with Crippen LogP contribution in [0.4, 0.5) is 5.69 Å². The molecular weight excluding hydrogens is 206 g/mol. The highest BCUT2D eigenvalue weighted by molar-refractivity contribution is 5.51. The molecule has 0 spiro atoms. The van der Waals surface area contributed by atoms with E-state index in [-0.39, 0.29) is 5.69 Å². The third kappa shape index (κ3) is 2.25. The Morgan fingerprint density at radius 1 is 1.38 bits per heavy atom. The van der Waals surface area contributed by atoms with Gasteiger partial charge in [-0.25, -0.2) is 4.79 Å². The first kappa shape index (κ1) is 10.4. The molecule has 1 aromatic carbocycles. The molecule has 5 nitrogen and oxygen atoms in total. The van der Waals surface area contributed by atoms with E-state index in [1.54, 1.807) is 29.1 Å². The molecule has 5 heteroatoms. The number of nitrogens with two attached hydrogens (primary N) is 1. The second kappa shape index (κ2) is 4.57. The monoisotopic (exact) mass is 219 g/mol. The van der Waals surface area contributed by atoms with Crippen molar-refractivity contribution in [3.8, 4) is 5.75 Å². The van der Waals surface area contributed by atoms with E-state index in [1.165, 1.54) is 0 Å². The molecule has 0 aliphatic heterocycles. The van der Waals surface area contributed by atoms with E-state index in [9.17, 15) is 4.79 Å². The van der Waals surface area contributed by atoms with E-state index in [4.69, 9.17) is 10.5 Å². The quantitative estimate of drug-likeness (QED) is 0.748. The van der Waals surface area contributed by atoms with Crippen LogP contribution < -0.4 is 16.2 Å². The smallest absolute Gasteiger partial charge is 0.325 e. The van der Waals surface area contributed by atoms with Crippen molar-refractivity contribution in [1.29, 1.82) is 0 Å². The summed E-state index contributed by atoms with van der Waals surface area (Å²) in [7, 11) is 0. The predicted molar refractivity (Wildman–Crippen MR) is 61.4 cm³/mol. The van der Waals surface area contributed by atoms with Crippen molar-refractivity contribution in [1.82, 2.24) is 9.55 Å². The average Bonchev–Trinajstić information content (AvgIpc) is 2.67. The number of anilines is 1. The van der Waals surface area contributed by atoms with Gasteiger partial charge in [-0.1, -0.05) is 12.1 Å². The van der Waals surface area contributed by atoms with Crippen molar-refractivity contribution >= 4 is 5.69 Å². The first-order chi connectivity index (χ1) is 7.77. The Bertz CT molecular complexity index is 516. The van der Waals surface area contributed by atoms with Crippen LogP contribution in [0.2, 0.25) is 0 Å². The number of para-hydroxylation sites is 2. The summed E-state index contributed by atoms with van der Waals surface area (Å²) >= 11 is 0. The Morgan fingerprint density at radius 2 is 2.19 bits per heavy atom. The summed E-state index contributed by atoms with van der Waals surface area (Å²) in [5, 5.41) is 0. The van der Waals surface area contributed by atoms with Gasteiger partial charge in [0.1, 0.15) is 12.4 Å². The molecule has 0 radical (unpaired) electrons. The maximum atomic E-state index is 11.2. The van der Waals surface area contributed by atoms with Crippen LogP contribution in [0, 0.1) is 0 Å². The van der Waals surface area contributed by atoms with E-state index in [0.717, 1.165) is 0 Å². The van der Waals surface area contributed by atoms with Crippen LogP contribution in [0.5, 0.6) is 5.75 Å². The lowest BCUT2D eigenvalue weighted by Crippen LogP contribution is -2.19. The largest absolute Gasteiger partial charge is 0.490 e. The van der Waals surface area contributed by atoms with E-state index >= 15 is 0 Å². The van der Waals surface area contributed by atoms with Gasteiger partial charge in [0.25, 0.3) is 0 Å². The Morgan fingerprint density at radius 3 is 2.88 bits per heavy atom. The number of aromatic amines is 1. The molecule has 3 N–H and O–H groups in total. The number of rotatable bonds is 4. The van der Waals surface area contributed by atoms with Crippen LogP contribution in [0.25, 0.3) is 0 Å². The van der Waals surface area contributed by atoms with Gasteiger partial charge in [-0.15, -0.1) is 0 Å². The second-order valence-corrected chi connectivity index (χ2v) is 3.34. The standard InChI is InChI=1S/C11H13N3O2/c12-9-3-1-2-4-10(9)16-8-7-14-6-5-13-11(14)15/h1-6H,7-8,12H2,(H,13,15). The minimum atomic E-state index is -0.135. The molecule has 0 atom stereocenters. The number of nitrogens with zero attached hydrogens (tertiary/aromatic N) is 1. The van der Waals surface area contributed by atoms with Gasteiger partial charge in [-0.2, -0.15) is 0 Å². The molecule has 2 aromatic rings. The van der Waals surface area contributed by atoms with Crippen LogP contribution >= 0.6 is 0 Å². The van der Waals surface area contributed by atoms with Gasteiger partial charge in [0.2, 0.25) is 0 Å². The van der Waals surface area contributed by atoms with Crippen LogP contribution in [0.1, 0.15) is 0 Å². The lowest BCUT2D eigenvalue weighted by atomic mass is 10.3. The highest BCUT2D eigenvalue weighted by Gasteiger charge is 1.99. The number of hydrogen-bond acceptors (Lipinski definition) is 3. The number of aromatic nitrogens is 2. The molecule has 0 unspecified atom stereocenters. The summed E-state index contributed by atoms with van der Waals surface area (Å²) in [4.78, 5) is 13.7. The molecule has 1 aromatic heterocycles. The maximum Gasteiger partial charge on any atom is 0.325 e. The molecule has 84 valence electrons. The zero-order chi connectivity index (χ0) is 11.4. The molecular formula is C11H13N3O2. The summed E-state index contributed by atoms with van der Waals surface area (Å²) in [6, 6.07) is 7.28. The molecule has 0 aliphatic rings. The van der Waals surface area contributed by atoms with Gasteiger partial charge in [0, 0.05) is 12.4 Å². The van der Waals surface area contributed by atoms with Gasteiger partial charge in [0.05, 0.1) is 12.2 Å². The zero-order valence-electron chi connectivity index (χ0n) is 8.72. The molecule has 0 fully saturated rings. The predicted octanol–water partition coefficient (Wildman–Crippen LogP) is 0.838. The molecule has 16 heavy (non-hydrogen) atoms. The Balaban J connectivity index is 1.92. The maximum absolute atomic E-state index is 11.2. The number of imidazole rings is 1. The number of nitrogens with one attached hydrogen (secondary N) is 1. The van der Waals surface area contributed by atoms with Crippen molar-refractivity contribution in [3.63, 3.8) is 0 Å². The second-order valence-electron chi connectivity index (χ2n) is 3.34. The van der Waals surface area contributed by atoms with E-state index in [2.05, 4.69) is 4.98 Å². The van der Waals surface area contributed by atoms with Crippen LogP contribution in [0.15, 0.2) is 41.5 Å². The summed E-state index contributed by atoms with van der Waals surface area (Å²) in [6.45, 7) is 0.905. The van der Waals surface area contributed by atoms with Crippen molar-refractivity contribution < 1.29 is 4.74 Å². The molecule has 0 amide bonds. The molecule has 1 heterocycles. The van der Waals surface area contributed by atoms with E-state index in [0.29, 0.717) is 24.6 Å². The summed E-state index contributed by atoms with van der Waals surface area (Å²) in [6.07, 6.45) is 3.28. The highest BCUT2D eigenvalue weighted by Crippen LogP contribution is 2.19. The minimum absolute atomic E-state index is 0.135. The highest BCUT2D eigenvalue weighted by atomic mass is 16.5. The first-order valence-corrected chi connectivity index (χ1v) is 4.98. The van der Waals surface area contributed by atoms with Crippen LogP contribution in [0.3, 0.4) is 0 Å². The van der Waals surface area contributed by atoms with Crippen molar-refractivity contribution in [3.05, 3.63) is 47.1 Å². The normalized spacial score (nSPS) is 10.2. The van der Waals surface area contributed by atoms with Crippen LogP contribution in [-0.4, -0.2) is 16.2 Å². The number of ether oxygens (including phenoxy) is 1. The molecule has 2 rings (SSSR count). The lowest BCUT2D eigenvalue weighted by molar-refractivity contribution is 0.298. The van der Waals surface area contributed by atoms with Crippen molar-refractivity contribution in [2.24, 2.45) is 0 Å². The third-order valence-corrected chi connectivity index (χ3v) is 2.23. The SMILES string of the molecule is Nc1ccccc1OCCn1cc[nH]c1=O. The van der Waals surface area contributed by atoms with Gasteiger partial charge in [0.15, 0.2) is 0 Å². The number of H-pyrrole nitrogens is 1. The topological polar surface area (TPSA) is 73.0 Å². The molecule has 0 aliphatic carbocycles. The lowest BCUT2D eigenvalue weighted by Gasteiger charge is -2.08. The number of nitrogen functional groups attached to an aromatic ring is 1. The minimum Gasteiger partial charge on any atom is -0.490 e. The number of benzene rings is 1. The van der Waals surface area contributed by atoms with Crippen molar-refractivity contribution in [2.75, 3.05) is 12.3 Å². The average molecular weight is 219 g/mol. The van der Waals surface area contributed by atoms with Gasteiger partial charge in [-0.3, -0.25) is 4.57 Å². The molecule has 0 bridgehead atoms. The first-order valence-electron chi connectivity index (χ1n) is 4.98. The fraction of sp³-hybridized carbons (Fsp3) is 0.182. The Labute approximate surface area is 92.5 Å². The van der Waals surface area contributed by atoms with E-state index in [1.807, 2.05) is 12.1 Å². The molecule has 0 saturated heterocycles. The fourth-order valence-electron chi connectivity index (χ4n) is 1.39. The summed E-state index contributed by atoms with van der Waals surface area (Å²) in [5.41, 5.74) is 6.18. The summed E-state index contributed by atoms with van der Waals surface area (Å²) < 4.78 is 7.01. The van der Waals surface area contributed by atoms with E-state index < -0.39 is 0 Å². The van der Waals surface area contributed by atoms with Gasteiger partial charge < -0.3 is 15.5 Å². The molecule has 0 saturated carbocycles. The Hall–Kier alpha value is -2.17. The third-order valence-electron chi connectivity index (χ3n) is 2.23. The zero-order valence-corrected chi connectivity index (χ0v) is 8.72. The fourth-order valence-corrected chi connectivity index (χ4v) is 1.39. The Kier molecular flexibility index (Phi) is 2.95. The van der Waals surface area contributed by atoms with Gasteiger partial charge >= 0.3 is 5.69 Å². The number of hydrogen-bond donors (Lipinski definition) is 2. The van der Waals surface area contributed by atoms with Gasteiger partial charge in [-0.05, 0) is 12.1 Å². The van der Waals surface area contributed by atoms with Crippen LogP contribution in [-0.2, 0) is 6.54 Å². The summed E-state index contributed by atoms with van der Waals surface area (Å²) in [5.74, 6) is 0.645.